The molecule has 0 aromatic heterocycles. The van der Waals surface area contributed by atoms with E-state index in [9.17, 15) is 0 Å². The van der Waals surface area contributed by atoms with Gasteiger partial charge in [0.25, 0.3) is 0 Å². The zero-order chi connectivity index (χ0) is 34.7. The fourth-order valence-electron chi connectivity index (χ4n) is 5.18. The smallest absolute Gasteiger partial charge is 0.147 e. The van der Waals surface area contributed by atoms with Gasteiger partial charge in [-0.05, 0) is 112 Å². The molecule has 0 fully saturated rings. The molecule has 0 saturated heterocycles. The molecule has 0 N–H and O–H groups in total. The van der Waals surface area contributed by atoms with E-state index in [0.717, 1.165) is 77.2 Å². The van der Waals surface area contributed by atoms with Gasteiger partial charge in [0.2, 0.25) is 0 Å². The van der Waals surface area contributed by atoms with Gasteiger partial charge in [0.05, 0.1) is 17.9 Å². The summed E-state index contributed by atoms with van der Waals surface area (Å²) in [6.07, 6.45) is 15.0. The maximum absolute atomic E-state index is 6.27. The molecule has 268 valence electrons. The van der Waals surface area contributed by atoms with Crippen LogP contribution in [0.2, 0.25) is 0 Å². The van der Waals surface area contributed by atoms with Crippen LogP contribution in [0, 0.1) is 0 Å². The van der Waals surface area contributed by atoms with Crippen molar-refractivity contribution >= 4 is 95.6 Å². The Balaban J connectivity index is 1.99. The first-order chi connectivity index (χ1) is 22.6. The van der Waals surface area contributed by atoms with E-state index in [4.69, 9.17) is 18.9 Å². The lowest BCUT2D eigenvalue weighted by molar-refractivity contribution is 0.0335. The highest BCUT2D eigenvalue weighted by Gasteiger charge is 2.28. The molecule has 2 rings (SSSR count). The van der Waals surface area contributed by atoms with Gasteiger partial charge >= 0.3 is 0 Å². The number of rotatable bonds is 26. The molecule has 2 unspecified atom stereocenters. The highest BCUT2D eigenvalue weighted by Crippen LogP contribution is 2.44. The summed E-state index contributed by atoms with van der Waals surface area (Å²) in [6.45, 7) is 11.4. The van der Waals surface area contributed by atoms with Crippen molar-refractivity contribution in [1.29, 1.82) is 0 Å². The molecule has 2 aromatic carbocycles. The van der Waals surface area contributed by atoms with E-state index in [-0.39, 0.29) is 17.6 Å². The molecule has 2 atom stereocenters. The SMILES string of the molecule is CCCCCCCCOC(CBr)COc1c(Br)cc(C(C)(C)c2cc(Br)c(OCC(CBr)OCCCCCCCC)c(Br)c2)cc1Br. The second-order valence-corrected chi connectivity index (χ2v) is 17.3. The number of ether oxygens (including phenoxy) is 4. The molecule has 0 radical (unpaired) electrons. The summed E-state index contributed by atoms with van der Waals surface area (Å²) in [7, 11) is 0. The van der Waals surface area contributed by atoms with Crippen LogP contribution in [-0.4, -0.2) is 49.3 Å². The van der Waals surface area contributed by atoms with E-state index in [0.29, 0.717) is 13.2 Å². The first-order valence-electron chi connectivity index (χ1n) is 17.2. The lowest BCUT2D eigenvalue weighted by Crippen LogP contribution is -2.24. The number of hydrogen-bond acceptors (Lipinski definition) is 4. The van der Waals surface area contributed by atoms with Gasteiger partial charge in [0.1, 0.15) is 36.9 Å². The summed E-state index contributed by atoms with van der Waals surface area (Å²) < 4.78 is 28.4. The number of halogens is 6. The normalized spacial score (nSPS) is 13.1. The van der Waals surface area contributed by atoms with E-state index >= 15 is 0 Å². The van der Waals surface area contributed by atoms with Crippen LogP contribution in [0.1, 0.15) is 116 Å². The van der Waals surface area contributed by atoms with Crippen LogP contribution in [0.15, 0.2) is 42.2 Å². The van der Waals surface area contributed by atoms with Gasteiger partial charge in [-0.3, -0.25) is 0 Å². The van der Waals surface area contributed by atoms with Gasteiger partial charge in [-0.15, -0.1) is 0 Å². The van der Waals surface area contributed by atoms with Crippen molar-refractivity contribution in [2.24, 2.45) is 0 Å². The summed E-state index contributed by atoms with van der Waals surface area (Å²) in [5.74, 6) is 1.56. The monoisotopic (exact) mass is 1040 g/mol. The Hall–Kier alpha value is 0.840. The summed E-state index contributed by atoms with van der Waals surface area (Å²) in [5.41, 5.74) is 1.99. The van der Waals surface area contributed by atoms with Crippen molar-refractivity contribution in [3.63, 3.8) is 0 Å². The molecule has 47 heavy (non-hydrogen) atoms. The van der Waals surface area contributed by atoms with E-state index in [1.807, 2.05) is 0 Å². The minimum absolute atomic E-state index is 0.00678. The van der Waals surface area contributed by atoms with Gasteiger partial charge in [-0.1, -0.05) is 124 Å². The lowest BCUT2D eigenvalue weighted by Gasteiger charge is -2.29. The Morgan fingerprint density at radius 2 is 0.851 bits per heavy atom. The van der Waals surface area contributed by atoms with Crippen LogP contribution >= 0.6 is 95.6 Å². The predicted molar refractivity (Wildman–Crippen MR) is 221 cm³/mol. The molecule has 0 saturated carbocycles. The fraction of sp³-hybridized carbons (Fsp3) is 0.676. The fourth-order valence-corrected chi connectivity index (χ4v) is 8.75. The van der Waals surface area contributed by atoms with Crippen molar-refractivity contribution in [1.82, 2.24) is 0 Å². The second-order valence-electron chi connectivity index (χ2n) is 12.6. The van der Waals surface area contributed by atoms with E-state index in [1.54, 1.807) is 0 Å². The number of alkyl halides is 2. The molecule has 10 heteroatoms. The Morgan fingerprint density at radius 1 is 0.532 bits per heavy atom. The Bertz CT molecular complexity index is 1030. The summed E-state index contributed by atoms with van der Waals surface area (Å²) in [4.78, 5) is 0. The van der Waals surface area contributed by atoms with Gasteiger partial charge in [-0.2, -0.15) is 0 Å². The van der Waals surface area contributed by atoms with Crippen molar-refractivity contribution in [2.45, 2.75) is 122 Å². The third kappa shape index (κ3) is 16.0. The van der Waals surface area contributed by atoms with Gasteiger partial charge < -0.3 is 18.9 Å². The topological polar surface area (TPSA) is 36.9 Å². The molecule has 0 amide bonds. The maximum Gasteiger partial charge on any atom is 0.147 e. The third-order valence-electron chi connectivity index (χ3n) is 8.31. The molecule has 2 aromatic rings. The van der Waals surface area contributed by atoms with Crippen molar-refractivity contribution in [3.05, 3.63) is 53.3 Å². The van der Waals surface area contributed by atoms with Crippen LogP contribution in [0.25, 0.3) is 0 Å². The van der Waals surface area contributed by atoms with Gasteiger partial charge in [0, 0.05) is 29.3 Å². The zero-order valence-electron chi connectivity index (χ0n) is 28.6. The molecule has 4 nitrogen and oxygen atoms in total. The molecule has 0 aliphatic heterocycles. The van der Waals surface area contributed by atoms with Crippen LogP contribution in [-0.2, 0) is 14.9 Å². The maximum atomic E-state index is 6.27. The van der Waals surface area contributed by atoms with Crippen LogP contribution < -0.4 is 9.47 Å². The zero-order valence-corrected chi connectivity index (χ0v) is 38.1. The molecular weight excluding hydrogens is 988 g/mol. The Labute approximate surface area is 335 Å². The van der Waals surface area contributed by atoms with E-state index in [2.05, 4.69) is 148 Å². The number of hydrogen-bond donors (Lipinski definition) is 0. The molecule has 0 spiro atoms. The molecule has 0 aliphatic rings. The predicted octanol–water partition coefficient (Wildman–Crippen LogP) is 14.1. The quantitative estimate of drug-likeness (QED) is 0.0695. The van der Waals surface area contributed by atoms with E-state index in [1.165, 1.54) is 64.2 Å². The average molecular weight is 1040 g/mol. The minimum Gasteiger partial charge on any atom is -0.488 e. The highest BCUT2D eigenvalue weighted by molar-refractivity contribution is 9.11. The second kappa shape index (κ2) is 24.9. The summed E-state index contributed by atoms with van der Waals surface area (Å²) in [5, 5.41) is 1.46. The first kappa shape index (κ1) is 44.0. The molecule has 0 heterocycles. The third-order valence-corrected chi connectivity index (χ3v) is 12.1. The van der Waals surface area contributed by atoms with Crippen molar-refractivity contribution in [2.75, 3.05) is 37.1 Å². The number of unbranched alkanes of at least 4 members (excludes halogenated alkanes) is 10. The van der Waals surface area contributed by atoms with E-state index < -0.39 is 0 Å². The van der Waals surface area contributed by atoms with Crippen molar-refractivity contribution < 1.29 is 18.9 Å². The Kier molecular flexibility index (Phi) is 23.3. The largest absolute Gasteiger partial charge is 0.488 e. The standard InChI is InChI=1S/C37H54Br6O4/c1-5-7-9-11-13-15-17-44-29(23-38)25-46-35-31(40)19-27(20-32(35)41)37(3,4)28-21-33(42)36(34(43)22-28)47-26-30(24-39)45-18-16-14-12-10-8-6-2/h19-22,29-30H,5-18,23-26H2,1-4H3. The Morgan fingerprint density at radius 3 is 1.17 bits per heavy atom. The lowest BCUT2D eigenvalue weighted by atomic mass is 9.78. The van der Waals surface area contributed by atoms with Crippen LogP contribution in [0.4, 0.5) is 0 Å². The minimum atomic E-state index is -0.301. The van der Waals surface area contributed by atoms with Crippen molar-refractivity contribution in [3.8, 4) is 11.5 Å². The molecule has 0 aliphatic carbocycles. The van der Waals surface area contributed by atoms with Gasteiger partial charge in [0.15, 0.2) is 0 Å². The molecular formula is C37H54Br6O4. The van der Waals surface area contributed by atoms with Crippen LogP contribution in [0.3, 0.4) is 0 Å². The van der Waals surface area contributed by atoms with Gasteiger partial charge in [-0.25, -0.2) is 0 Å². The van der Waals surface area contributed by atoms with Crippen LogP contribution in [0.5, 0.6) is 11.5 Å². The average Bonchev–Trinajstić information content (AvgIpc) is 3.04. The molecule has 0 bridgehead atoms. The summed E-state index contributed by atoms with van der Waals surface area (Å²) in [6, 6.07) is 8.59. The summed E-state index contributed by atoms with van der Waals surface area (Å²) >= 11 is 22.3. The highest BCUT2D eigenvalue weighted by atomic mass is 79.9. The first-order valence-corrected chi connectivity index (χ1v) is 22.6. The number of benzene rings is 2.